The van der Waals surface area contributed by atoms with Gasteiger partial charge in [-0.1, -0.05) is 42.5 Å². The van der Waals surface area contributed by atoms with Crippen molar-refractivity contribution in [1.29, 1.82) is 0 Å². The van der Waals surface area contributed by atoms with Gasteiger partial charge in [-0.05, 0) is 19.1 Å². The molecule has 2 aromatic rings. The third-order valence-electron chi connectivity index (χ3n) is 3.03. The Balaban J connectivity index is 2.09. The van der Waals surface area contributed by atoms with E-state index in [0.717, 1.165) is 0 Å². The lowest BCUT2D eigenvalue weighted by Gasteiger charge is -2.08. The average molecular weight is 282 g/mol. The molecule has 0 bridgehead atoms. The molecule has 0 saturated heterocycles. The fraction of sp³-hybridized carbons (Fsp3) is 0.176. The first-order valence-electron chi connectivity index (χ1n) is 6.81. The third-order valence-corrected chi connectivity index (χ3v) is 3.03. The Bertz CT molecular complexity index is 619. The van der Waals surface area contributed by atoms with Crippen LogP contribution in [-0.4, -0.2) is 24.3 Å². The molecule has 0 radical (unpaired) electrons. The summed E-state index contributed by atoms with van der Waals surface area (Å²) < 4.78 is 0. The molecule has 0 spiro atoms. The normalized spacial score (nSPS) is 11.7. The molecule has 0 saturated carbocycles. The molecule has 2 aromatic carbocycles. The standard InChI is InChI=1S/C17H18N2O2/c1-12(18)11-19-17(21)15-9-7-14(8-10-15)16(20)13-5-3-2-4-6-13/h2-10,12H,11,18H2,1H3,(H,19,21). The highest BCUT2D eigenvalue weighted by Gasteiger charge is 2.10. The number of amides is 1. The van der Waals surface area contributed by atoms with Crippen LogP contribution in [-0.2, 0) is 0 Å². The molecule has 0 heterocycles. The van der Waals surface area contributed by atoms with Crippen LogP contribution in [0.5, 0.6) is 0 Å². The maximum atomic E-state index is 12.2. The maximum Gasteiger partial charge on any atom is 0.251 e. The van der Waals surface area contributed by atoms with Crippen molar-refractivity contribution in [2.45, 2.75) is 13.0 Å². The van der Waals surface area contributed by atoms with Gasteiger partial charge in [0.25, 0.3) is 5.91 Å². The molecule has 0 fully saturated rings. The highest BCUT2D eigenvalue weighted by molar-refractivity contribution is 6.09. The quantitative estimate of drug-likeness (QED) is 0.824. The number of carbonyl (C=O) groups excluding carboxylic acids is 2. The summed E-state index contributed by atoms with van der Waals surface area (Å²) in [5, 5.41) is 2.73. The first-order valence-corrected chi connectivity index (χ1v) is 6.81. The second kappa shape index (κ2) is 6.81. The molecule has 21 heavy (non-hydrogen) atoms. The molecule has 4 heteroatoms. The van der Waals surface area contributed by atoms with E-state index < -0.39 is 0 Å². The summed E-state index contributed by atoms with van der Waals surface area (Å²) >= 11 is 0. The van der Waals surface area contributed by atoms with Gasteiger partial charge in [0, 0.05) is 29.3 Å². The Morgan fingerprint density at radius 1 is 0.952 bits per heavy atom. The fourth-order valence-corrected chi connectivity index (χ4v) is 1.88. The van der Waals surface area contributed by atoms with E-state index in [1.54, 1.807) is 36.4 Å². The molecule has 4 nitrogen and oxygen atoms in total. The highest BCUT2D eigenvalue weighted by atomic mass is 16.1. The Labute approximate surface area is 124 Å². The molecule has 108 valence electrons. The van der Waals surface area contributed by atoms with Crippen molar-refractivity contribution in [1.82, 2.24) is 5.32 Å². The number of nitrogens with one attached hydrogen (secondary N) is 1. The zero-order valence-electron chi connectivity index (χ0n) is 11.9. The summed E-state index contributed by atoms with van der Waals surface area (Å²) in [4.78, 5) is 24.1. The molecule has 1 unspecified atom stereocenters. The summed E-state index contributed by atoms with van der Waals surface area (Å²) in [6.07, 6.45) is 0. The highest BCUT2D eigenvalue weighted by Crippen LogP contribution is 2.11. The van der Waals surface area contributed by atoms with Gasteiger partial charge in [0.2, 0.25) is 0 Å². The van der Waals surface area contributed by atoms with Gasteiger partial charge in [0.05, 0.1) is 0 Å². The fourth-order valence-electron chi connectivity index (χ4n) is 1.88. The number of ketones is 1. The first kappa shape index (κ1) is 14.9. The number of rotatable bonds is 5. The maximum absolute atomic E-state index is 12.2. The van der Waals surface area contributed by atoms with Gasteiger partial charge < -0.3 is 11.1 Å². The van der Waals surface area contributed by atoms with Crippen LogP contribution in [0.15, 0.2) is 54.6 Å². The number of hydrogen-bond donors (Lipinski definition) is 2. The second-order valence-corrected chi connectivity index (χ2v) is 4.96. The summed E-state index contributed by atoms with van der Waals surface area (Å²) in [6.45, 7) is 2.24. The Morgan fingerprint density at radius 3 is 2.05 bits per heavy atom. The van der Waals surface area contributed by atoms with Crippen molar-refractivity contribution in [3.63, 3.8) is 0 Å². The smallest absolute Gasteiger partial charge is 0.251 e. The summed E-state index contributed by atoms with van der Waals surface area (Å²) in [7, 11) is 0. The minimum atomic E-state index is -0.189. The lowest BCUT2D eigenvalue weighted by atomic mass is 10.0. The zero-order chi connectivity index (χ0) is 15.2. The van der Waals surface area contributed by atoms with Crippen LogP contribution in [0.1, 0.15) is 33.2 Å². The van der Waals surface area contributed by atoms with Crippen molar-refractivity contribution in [2.24, 2.45) is 5.73 Å². The van der Waals surface area contributed by atoms with Crippen LogP contribution in [0.25, 0.3) is 0 Å². The van der Waals surface area contributed by atoms with Crippen LogP contribution in [0.3, 0.4) is 0 Å². The minimum absolute atomic E-state index is 0.0573. The Morgan fingerprint density at radius 2 is 1.48 bits per heavy atom. The molecule has 0 aliphatic rings. The molecule has 0 aliphatic carbocycles. The molecule has 2 rings (SSSR count). The van der Waals surface area contributed by atoms with Gasteiger partial charge in [-0.25, -0.2) is 0 Å². The zero-order valence-corrected chi connectivity index (χ0v) is 11.9. The van der Waals surface area contributed by atoms with E-state index in [9.17, 15) is 9.59 Å². The van der Waals surface area contributed by atoms with Gasteiger partial charge >= 0.3 is 0 Å². The van der Waals surface area contributed by atoms with Gasteiger partial charge in [0.15, 0.2) is 5.78 Å². The number of hydrogen-bond acceptors (Lipinski definition) is 3. The summed E-state index contributed by atoms with van der Waals surface area (Å²) in [6, 6.07) is 15.6. The molecule has 0 aromatic heterocycles. The SMILES string of the molecule is CC(N)CNC(=O)c1ccc(C(=O)c2ccccc2)cc1. The van der Waals surface area contributed by atoms with E-state index in [0.29, 0.717) is 23.2 Å². The van der Waals surface area contributed by atoms with Crippen molar-refractivity contribution in [3.05, 3.63) is 71.3 Å². The van der Waals surface area contributed by atoms with E-state index >= 15 is 0 Å². The van der Waals surface area contributed by atoms with Crippen molar-refractivity contribution >= 4 is 11.7 Å². The molecule has 1 amide bonds. The third kappa shape index (κ3) is 4.00. The molecule has 0 aliphatic heterocycles. The predicted octanol–water partition coefficient (Wildman–Crippen LogP) is 1.99. The van der Waals surface area contributed by atoms with Gasteiger partial charge in [-0.3, -0.25) is 9.59 Å². The summed E-state index contributed by atoms with van der Waals surface area (Å²) in [5.74, 6) is -0.246. The van der Waals surface area contributed by atoms with Crippen LogP contribution in [0.4, 0.5) is 0 Å². The Kier molecular flexibility index (Phi) is 4.85. The number of nitrogens with two attached hydrogens (primary N) is 1. The minimum Gasteiger partial charge on any atom is -0.350 e. The average Bonchev–Trinajstić information content (AvgIpc) is 2.53. The van der Waals surface area contributed by atoms with Gasteiger partial charge in [-0.2, -0.15) is 0 Å². The van der Waals surface area contributed by atoms with Crippen molar-refractivity contribution in [2.75, 3.05) is 6.54 Å². The van der Waals surface area contributed by atoms with E-state index in [2.05, 4.69) is 5.32 Å². The van der Waals surface area contributed by atoms with Crippen molar-refractivity contribution < 1.29 is 9.59 Å². The van der Waals surface area contributed by atoms with Gasteiger partial charge in [0.1, 0.15) is 0 Å². The molecule has 1 atom stereocenters. The van der Waals surface area contributed by atoms with E-state index in [1.807, 2.05) is 25.1 Å². The van der Waals surface area contributed by atoms with E-state index in [4.69, 9.17) is 5.73 Å². The lowest BCUT2D eigenvalue weighted by molar-refractivity contribution is 0.0950. The van der Waals surface area contributed by atoms with Gasteiger partial charge in [-0.15, -0.1) is 0 Å². The van der Waals surface area contributed by atoms with Crippen LogP contribution in [0.2, 0.25) is 0 Å². The van der Waals surface area contributed by atoms with Crippen LogP contribution < -0.4 is 11.1 Å². The lowest BCUT2D eigenvalue weighted by Crippen LogP contribution is -2.35. The largest absolute Gasteiger partial charge is 0.350 e. The van der Waals surface area contributed by atoms with Crippen molar-refractivity contribution in [3.8, 4) is 0 Å². The van der Waals surface area contributed by atoms with Crippen LogP contribution >= 0.6 is 0 Å². The van der Waals surface area contributed by atoms with E-state index in [-0.39, 0.29) is 17.7 Å². The second-order valence-electron chi connectivity index (χ2n) is 4.96. The molecular weight excluding hydrogens is 264 g/mol. The van der Waals surface area contributed by atoms with E-state index in [1.165, 1.54) is 0 Å². The molecular formula is C17H18N2O2. The topological polar surface area (TPSA) is 72.2 Å². The summed E-state index contributed by atoms with van der Waals surface area (Å²) in [5.41, 5.74) is 7.29. The predicted molar refractivity (Wildman–Crippen MR) is 82.3 cm³/mol. The Hall–Kier alpha value is -2.46. The number of carbonyl (C=O) groups is 2. The number of benzene rings is 2. The first-order chi connectivity index (χ1) is 10.1. The monoisotopic (exact) mass is 282 g/mol. The molecule has 3 N–H and O–H groups in total. The van der Waals surface area contributed by atoms with Crippen LogP contribution in [0, 0.1) is 0 Å².